The van der Waals surface area contributed by atoms with Gasteiger partial charge in [-0.15, -0.1) is 0 Å². The van der Waals surface area contributed by atoms with Gasteiger partial charge in [0.1, 0.15) is 0 Å². The van der Waals surface area contributed by atoms with Gasteiger partial charge < -0.3 is 14.2 Å². The summed E-state index contributed by atoms with van der Waals surface area (Å²) in [6.45, 7) is 13.7. The highest BCUT2D eigenvalue weighted by Gasteiger charge is 2.38. The van der Waals surface area contributed by atoms with Gasteiger partial charge in [0.2, 0.25) is 0 Å². The maximum atomic E-state index is 12.4. The second kappa shape index (κ2) is 10.1. The molecule has 0 bridgehead atoms. The Morgan fingerprint density at radius 3 is 1.84 bits per heavy atom. The highest BCUT2D eigenvalue weighted by atomic mass is 16.6. The quantitative estimate of drug-likeness (QED) is 0.251. The minimum absolute atomic E-state index is 0.0169. The molecule has 0 aliphatic heterocycles. The molecule has 0 atom stereocenters. The van der Waals surface area contributed by atoms with Gasteiger partial charge in [-0.05, 0) is 27.2 Å². The fraction of sp³-hybridized carbons (Fsp3) is 0.786. The fourth-order valence-electron chi connectivity index (χ4n) is 1.61. The third kappa shape index (κ3) is 6.29. The zero-order chi connectivity index (χ0) is 14.7. The number of quaternary nitrogens is 1. The molecule has 1 amide bonds. The van der Waals surface area contributed by atoms with E-state index in [4.69, 9.17) is 14.2 Å². The predicted octanol–water partition coefficient (Wildman–Crippen LogP) is 2.28. The Labute approximate surface area is 116 Å². The number of carbonyl (C=O) groups excluding carboxylic acids is 1. The van der Waals surface area contributed by atoms with Crippen LogP contribution in [0.1, 0.15) is 34.1 Å². The van der Waals surface area contributed by atoms with Gasteiger partial charge in [-0.3, -0.25) is 0 Å². The molecular formula is C14H28NO4+. The van der Waals surface area contributed by atoms with Crippen molar-refractivity contribution < 1.29 is 23.5 Å². The molecule has 0 aromatic rings. The van der Waals surface area contributed by atoms with Crippen LogP contribution < -0.4 is 0 Å². The zero-order valence-electron chi connectivity index (χ0n) is 12.7. The Morgan fingerprint density at radius 1 is 1.00 bits per heavy atom. The van der Waals surface area contributed by atoms with Gasteiger partial charge in [0, 0.05) is 18.8 Å². The van der Waals surface area contributed by atoms with E-state index in [0.717, 1.165) is 6.42 Å². The van der Waals surface area contributed by atoms with Crippen LogP contribution in [0.4, 0.5) is 0 Å². The van der Waals surface area contributed by atoms with E-state index in [2.05, 4.69) is 6.58 Å². The van der Waals surface area contributed by atoms with Gasteiger partial charge in [-0.1, -0.05) is 13.5 Å². The highest BCUT2D eigenvalue weighted by Crippen LogP contribution is 2.14. The second-order valence-corrected chi connectivity index (χ2v) is 4.51. The molecule has 5 heteroatoms. The first-order valence-electron chi connectivity index (χ1n) is 6.83. The van der Waals surface area contributed by atoms with E-state index in [1.807, 2.05) is 20.8 Å². The fourth-order valence-corrected chi connectivity index (χ4v) is 1.61. The van der Waals surface area contributed by atoms with Gasteiger partial charge >= 0.3 is 5.91 Å². The van der Waals surface area contributed by atoms with Gasteiger partial charge in [-0.25, -0.2) is 4.79 Å². The number of rotatable bonds is 11. The van der Waals surface area contributed by atoms with E-state index in [0.29, 0.717) is 25.4 Å². The smallest absolute Gasteiger partial charge is 0.331 e. The lowest BCUT2D eigenvalue weighted by Gasteiger charge is -2.34. The van der Waals surface area contributed by atoms with Crippen molar-refractivity contribution in [3.05, 3.63) is 12.2 Å². The summed E-state index contributed by atoms with van der Waals surface area (Å²) in [5.74, 6) is -0.0991. The van der Waals surface area contributed by atoms with Crippen molar-refractivity contribution >= 4 is 5.91 Å². The molecule has 0 N–H and O–H groups in total. The second-order valence-electron chi connectivity index (χ2n) is 4.51. The molecule has 0 aromatic heterocycles. The van der Waals surface area contributed by atoms with Crippen LogP contribution in [0.15, 0.2) is 12.2 Å². The van der Waals surface area contributed by atoms with Crippen LogP contribution >= 0.6 is 0 Å². The van der Waals surface area contributed by atoms with Crippen molar-refractivity contribution in [2.45, 2.75) is 34.1 Å². The minimum Gasteiger partial charge on any atom is -0.331 e. The average Bonchev–Trinajstić information content (AvgIpc) is 2.40. The SMILES string of the molecule is C=C(C)C(=O)[N+](COCC)(COCC)COCCC. The van der Waals surface area contributed by atoms with Crippen molar-refractivity contribution in [1.82, 2.24) is 0 Å². The van der Waals surface area contributed by atoms with Crippen molar-refractivity contribution in [1.29, 1.82) is 0 Å². The first kappa shape index (κ1) is 18.2. The Bertz CT molecular complexity index is 271. The molecule has 0 rings (SSSR count). The van der Waals surface area contributed by atoms with E-state index in [1.54, 1.807) is 6.92 Å². The molecule has 5 nitrogen and oxygen atoms in total. The number of hydrogen-bond acceptors (Lipinski definition) is 4. The molecule has 0 aliphatic rings. The molecule has 0 unspecified atom stereocenters. The van der Waals surface area contributed by atoms with Gasteiger partial charge in [-0.2, -0.15) is 4.48 Å². The summed E-state index contributed by atoms with van der Waals surface area (Å²) in [7, 11) is 0. The number of nitrogens with zero attached hydrogens (tertiary/aromatic N) is 1. The average molecular weight is 274 g/mol. The first-order chi connectivity index (χ1) is 9.04. The number of amides is 1. The molecule has 0 aromatic carbocycles. The monoisotopic (exact) mass is 274 g/mol. The maximum absolute atomic E-state index is 12.4. The molecule has 0 radical (unpaired) electrons. The van der Waals surface area contributed by atoms with Crippen molar-refractivity contribution in [3.8, 4) is 0 Å². The minimum atomic E-state index is -0.0991. The van der Waals surface area contributed by atoms with E-state index in [9.17, 15) is 4.79 Å². The van der Waals surface area contributed by atoms with E-state index < -0.39 is 0 Å². The topological polar surface area (TPSA) is 44.8 Å². The lowest BCUT2D eigenvalue weighted by Crippen LogP contribution is -2.57. The van der Waals surface area contributed by atoms with Gasteiger partial charge in [0.05, 0.1) is 6.61 Å². The van der Waals surface area contributed by atoms with Crippen molar-refractivity contribution in [2.75, 3.05) is 40.0 Å². The Balaban J connectivity index is 4.94. The molecular weight excluding hydrogens is 246 g/mol. The Hall–Kier alpha value is -0.750. The highest BCUT2D eigenvalue weighted by molar-refractivity contribution is 5.86. The van der Waals surface area contributed by atoms with Gasteiger partial charge in [0.15, 0.2) is 20.2 Å². The van der Waals surface area contributed by atoms with Crippen LogP contribution in [0.5, 0.6) is 0 Å². The molecule has 0 heterocycles. The van der Waals surface area contributed by atoms with E-state index in [-0.39, 0.29) is 30.6 Å². The van der Waals surface area contributed by atoms with Crippen LogP contribution in [0, 0.1) is 0 Å². The van der Waals surface area contributed by atoms with E-state index >= 15 is 0 Å². The summed E-state index contributed by atoms with van der Waals surface area (Å²) in [5.41, 5.74) is 0.486. The predicted molar refractivity (Wildman–Crippen MR) is 74.2 cm³/mol. The third-order valence-corrected chi connectivity index (χ3v) is 2.57. The molecule has 0 saturated heterocycles. The Morgan fingerprint density at radius 2 is 1.47 bits per heavy atom. The van der Waals surface area contributed by atoms with Crippen LogP contribution in [0.2, 0.25) is 0 Å². The van der Waals surface area contributed by atoms with Crippen LogP contribution in [-0.2, 0) is 19.0 Å². The summed E-state index contributed by atoms with van der Waals surface area (Å²) in [5, 5.41) is 0. The summed E-state index contributed by atoms with van der Waals surface area (Å²) >= 11 is 0. The summed E-state index contributed by atoms with van der Waals surface area (Å²) in [4.78, 5) is 12.4. The summed E-state index contributed by atoms with van der Waals surface area (Å²) in [6, 6.07) is 0. The Kier molecular flexibility index (Phi) is 9.69. The number of ether oxygens (including phenoxy) is 3. The molecule has 0 aliphatic carbocycles. The largest absolute Gasteiger partial charge is 0.346 e. The molecule has 0 fully saturated rings. The zero-order valence-corrected chi connectivity index (χ0v) is 12.7. The normalized spacial score (nSPS) is 11.6. The van der Waals surface area contributed by atoms with Crippen LogP contribution in [-0.4, -0.2) is 50.4 Å². The number of hydrogen-bond donors (Lipinski definition) is 0. The number of carbonyl (C=O) groups is 1. The molecule has 0 spiro atoms. The lowest BCUT2D eigenvalue weighted by atomic mass is 10.3. The standard InChI is InChI=1S/C14H28NO4/c1-6-9-19-12-15(10-17-7-2,11-18-8-3)14(16)13(4)5/h4,6-12H2,1-3,5H3/q+1. The van der Waals surface area contributed by atoms with Crippen molar-refractivity contribution in [3.63, 3.8) is 0 Å². The lowest BCUT2D eigenvalue weighted by molar-refractivity contribution is -0.910. The third-order valence-electron chi connectivity index (χ3n) is 2.57. The molecule has 19 heavy (non-hydrogen) atoms. The summed E-state index contributed by atoms with van der Waals surface area (Å²) < 4.78 is 16.4. The van der Waals surface area contributed by atoms with Crippen molar-refractivity contribution in [2.24, 2.45) is 0 Å². The van der Waals surface area contributed by atoms with Gasteiger partial charge in [0.25, 0.3) is 0 Å². The van der Waals surface area contributed by atoms with Crippen LogP contribution in [0.25, 0.3) is 0 Å². The van der Waals surface area contributed by atoms with Crippen LogP contribution in [0.3, 0.4) is 0 Å². The molecule has 112 valence electrons. The first-order valence-corrected chi connectivity index (χ1v) is 6.83. The van der Waals surface area contributed by atoms with E-state index in [1.165, 1.54) is 0 Å². The molecule has 0 saturated carbocycles. The maximum Gasteiger partial charge on any atom is 0.346 e. The summed E-state index contributed by atoms with van der Waals surface area (Å²) in [6.07, 6.45) is 0.907.